The van der Waals surface area contributed by atoms with Gasteiger partial charge in [-0.15, -0.1) is 5.10 Å². The first-order valence-electron chi connectivity index (χ1n) is 6.10. The molecule has 3 N–H and O–H groups in total. The van der Waals surface area contributed by atoms with Gasteiger partial charge in [-0.05, 0) is 17.5 Å². The molecular formula is C13H17N5O. The minimum Gasteiger partial charge on any atom is -0.367 e. The molecule has 1 heterocycles. The fraction of sp³-hybridized carbons (Fsp3) is 0.308. The Balaban J connectivity index is 2.07. The van der Waals surface area contributed by atoms with E-state index in [-0.39, 0.29) is 18.4 Å². The molecule has 0 aliphatic rings. The molecule has 0 spiro atoms. The molecular weight excluding hydrogens is 242 g/mol. The molecule has 6 nitrogen and oxygen atoms in total. The Kier molecular flexibility index (Phi) is 3.79. The van der Waals surface area contributed by atoms with E-state index in [0.29, 0.717) is 5.92 Å². The number of carbonyl (C=O) groups is 1. The Bertz CT molecular complexity index is 576. The number of hydrogen-bond acceptors (Lipinski definition) is 4. The number of anilines is 2. The first-order chi connectivity index (χ1) is 9.06. The number of nitrogens with zero attached hydrogens (tertiary/aromatic N) is 3. The summed E-state index contributed by atoms with van der Waals surface area (Å²) in [5.41, 5.74) is 7.33. The Hall–Kier alpha value is -2.37. The Morgan fingerprint density at radius 2 is 2.16 bits per heavy atom. The van der Waals surface area contributed by atoms with Crippen molar-refractivity contribution in [2.45, 2.75) is 26.3 Å². The lowest BCUT2D eigenvalue weighted by molar-refractivity contribution is -0.116. The minimum atomic E-state index is -0.155. The average molecular weight is 259 g/mol. The van der Waals surface area contributed by atoms with Crippen LogP contribution in [0.5, 0.6) is 0 Å². The summed E-state index contributed by atoms with van der Waals surface area (Å²) in [5.74, 6) is 0.354. The Labute approximate surface area is 111 Å². The lowest BCUT2D eigenvalue weighted by atomic mass is 10.0. The molecule has 100 valence electrons. The zero-order valence-corrected chi connectivity index (χ0v) is 11.0. The van der Waals surface area contributed by atoms with E-state index in [1.54, 1.807) is 0 Å². The Morgan fingerprint density at radius 3 is 2.79 bits per heavy atom. The van der Waals surface area contributed by atoms with Crippen molar-refractivity contribution in [2.75, 3.05) is 11.1 Å². The highest BCUT2D eigenvalue weighted by atomic mass is 16.2. The second kappa shape index (κ2) is 5.51. The number of nitrogen functional groups attached to an aromatic ring is 1. The summed E-state index contributed by atoms with van der Waals surface area (Å²) in [5, 5.41) is 6.75. The van der Waals surface area contributed by atoms with Crippen LogP contribution in [0.3, 0.4) is 0 Å². The maximum atomic E-state index is 11.9. The Morgan fingerprint density at radius 1 is 1.42 bits per heavy atom. The number of para-hydroxylation sites is 1. The first-order valence-corrected chi connectivity index (χ1v) is 6.10. The van der Waals surface area contributed by atoms with Crippen LogP contribution >= 0.6 is 0 Å². The fourth-order valence-corrected chi connectivity index (χ4v) is 1.84. The van der Waals surface area contributed by atoms with Crippen LogP contribution in [0.4, 0.5) is 11.6 Å². The number of nitrogens with one attached hydrogen (secondary N) is 1. The maximum Gasteiger partial charge on any atom is 0.246 e. The molecule has 1 aromatic carbocycles. The van der Waals surface area contributed by atoms with Crippen LogP contribution in [0.15, 0.2) is 30.6 Å². The van der Waals surface area contributed by atoms with E-state index >= 15 is 0 Å². The van der Waals surface area contributed by atoms with Gasteiger partial charge in [0.2, 0.25) is 11.9 Å². The summed E-state index contributed by atoms with van der Waals surface area (Å²) in [6, 6.07) is 7.76. The molecule has 0 aliphatic carbocycles. The summed E-state index contributed by atoms with van der Waals surface area (Å²) < 4.78 is 1.41. The topological polar surface area (TPSA) is 85.8 Å². The summed E-state index contributed by atoms with van der Waals surface area (Å²) in [7, 11) is 0. The monoisotopic (exact) mass is 259 g/mol. The molecule has 0 bridgehead atoms. The van der Waals surface area contributed by atoms with Gasteiger partial charge in [-0.3, -0.25) is 4.79 Å². The van der Waals surface area contributed by atoms with Gasteiger partial charge in [0.15, 0.2) is 0 Å². The van der Waals surface area contributed by atoms with E-state index in [4.69, 9.17) is 5.73 Å². The number of amides is 1. The third kappa shape index (κ3) is 3.31. The van der Waals surface area contributed by atoms with Crippen molar-refractivity contribution in [1.82, 2.24) is 14.8 Å². The predicted molar refractivity (Wildman–Crippen MR) is 73.6 cm³/mol. The summed E-state index contributed by atoms with van der Waals surface area (Å²) in [6.07, 6.45) is 1.43. The number of aromatic nitrogens is 3. The van der Waals surface area contributed by atoms with Crippen LogP contribution in [0.2, 0.25) is 0 Å². The average Bonchev–Trinajstić information content (AvgIpc) is 2.75. The molecule has 1 aromatic heterocycles. The molecule has 2 aromatic rings. The summed E-state index contributed by atoms with van der Waals surface area (Å²) in [4.78, 5) is 15.7. The molecule has 0 radical (unpaired) electrons. The van der Waals surface area contributed by atoms with Gasteiger partial charge >= 0.3 is 0 Å². The number of carbonyl (C=O) groups excluding carboxylic acids is 1. The van der Waals surface area contributed by atoms with Crippen molar-refractivity contribution in [2.24, 2.45) is 0 Å². The highest BCUT2D eigenvalue weighted by molar-refractivity contribution is 5.91. The molecule has 0 atom stereocenters. The van der Waals surface area contributed by atoms with E-state index < -0.39 is 0 Å². The predicted octanol–water partition coefficient (Wildman–Crippen LogP) is 1.62. The van der Waals surface area contributed by atoms with Gasteiger partial charge in [-0.2, -0.15) is 0 Å². The fourth-order valence-electron chi connectivity index (χ4n) is 1.84. The molecule has 0 saturated carbocycles. The van der Waals surface area contributed by atoms with Crippen molar-refractivity contribution < 1.29 is 4.79 Å². The third-order valence-electron chi connectivity index (χ3n) is 2.72. The van der Waals surface area contributed by atoms with Crippen LogP contribution < -0.4 is 11.1 Å². The highest BCUT2D eigenvalue weighted by Gasteiger charge is 2.10. The van der Waals surface area contributed by atoms with Gasteiger partial charge in [0, 0.05) is 5.69 Å². The number of nitrogens with two attached hydrogens (primary N) is 1. The van der Waals surface area contributed by atoms with Crippen LogP contribution in [0.25, 0.3) is 0 Å². The van der Waals surface area contributed by atoms with Gasteiger partial charge < -0.3 is 11.1 Å². The SMILES string of the molecule is CC(C)c1ccccc1NC(=O)Cn1cnc(N)n1. The molecule has 0 saturated heterocycles. The van der Waals surface area contributed by atoms with Gasteiger partial charge in [0.1, 0.15) is 12.9 Å². The molecule has 19 heavy (non-hydrogen) atoms. The second-order valence-electron chi connectivity index (χ2n) is 4.59. The van der Waals surface area contributed by atoms with E-state index in [9.17, 15) is 4.79 Å². The quantitative estimate of drug-likeness (QED) is 0.873. The summed E-state index contributed by atoms with van der Waals surface area (Å²) in [6.45, 7) is 4.27. The van der Waals surface area contributed by atoms with Gasteiger partial charge in [0.25, 0.3) is 0 Å². The molecule has 0 fully saturated rings. The minimum absolute atomic E-state index is 0.0939. The van der Waals surface area contributed by atoms with Crippen LogP contribution in [-0.4, -0.2) is 20.7 Å². The van der Waals surface area contributed by atoms with E-state index in [2.05, 4.69) is 29.2 Å². The largest absolute Gasteiger partial charge is 0.367 e. The first kappa shape index (κ1) is 13.1. The lowest BCUT2D eigenvalue weighted by Gasteiger charge is -2.13. The maximum absolute atomic E-state index is 11.9. The van der Waals surface area contributed by atoms with Gasteiger partial charge in [-0.1, -0.05) is 32.0 Å². The van der Waals surface area contributed by atoms with E-state index in [1.165, 1.54) is 11.0 Å². The smallest absolute Gasteiger partial charge is 0.246 e. The van der Waals surface area contributed by atoms with Gasteiger partial charge in [0.05, 0.1) is 0 Å². The highest BCUT2D eigenvalue weighted by Crippen LogP contribution is 2.23. The number of rotatable bonds is 4. The molecule has 1 amide bonds. The zero-order chi connectivity index (χ0) is 13.8. The molecule has 6 heteroatoms. The molecule has 0 unspecified atom stereocenters. The van der Waals surface area contributed by atoms with Crippen molar-refractivity contribution in [3.05, 3.63) is 36.2 Å². The van der Waals surface area contributed by atoms with Gasteiger partial charge in [-0.25, -0.2) is 9.67 Å². The van der Waals surface area contributed by atoms with E-state index in [1.807, 2.05) is 24.3 Å². The van der Waals surface area contributed by atoms with Crippen LogP contribution in [0, 0.1) is 0 Å². The second-order valence-corrected chi connectivity index (χ2v) is 4.59. The van der Waals surface area contributed by atoms with Crippen molar-refractivity contribution in [3.63, 3.8) is 0 Å². The number of hydrogen-bond donors (Lipinski definition) is 2. The van der Waals surface area contributed by atoms with Crippen molar-refractivity contribution in [1.29, 1.82) is 0 Å². The van der Waals surface area contributed by atoms with Crippen LogP contribution in [0.1, 0.15) is 25.3 Å². The lowest BCUT2D eigenvalue weighted by Crippen LogP contribution is -2.20. The van der Waals surface area contributed by atoms with E-state index in [0.717, 1.165) is 11.3 Å². The zero-order valence-electron chi connectivity index (χ0n) is 11.0. The normalized spacial score (nSPS) is 10.7. The molecule has 2 rings (SSSR count). The standard InChI is InChI=1S/C13H17N5O/c1-9(2)10-5-3-4-6-11(10)16-12(19)7-18-8-15-13(14)17-18/h3-6,8-9H,7H2,1-2H3,(H2,14,17)(H,16,19). The van der Waals surface area contributed by atoms with Crippen molar-refractivity contribution in [3.8, 4) is 0 Å². The van der Waals surface area contributed by atoms with Crippen LogP contribution in [-0.2, 0) is 11.3 Å². The summed E-state index contributed by atoms with van der Waals surface area (Å²) >= 11 is 0. The third-order valence-corrected chi connectivity index (χ3v) is 2.72. The number of benzene rings is 1. The molecule has 0 aliphatic heterocycles. The van der Waals surface area contributed by atoms with Crippen molar-refractivity contribution >= 4 is 17.5 Å².